The number of anilines is 1. The van der Waals surface area contributed by atoms with Crippen LogP contribution >= 0.6 is 23.2 Å². The highest BCUT2D eigenvalue weighted by Crippen LogP contribution is 2.36. The highest BCUT2D eigenvalue weighted by Gasteiger charge is 2.31. The Morgan fingerprint density at radius 1 is 1.07 bits per heavy atom. The number of benzene rings is 2. The van der Waals surface area contributed by atoms with E-state index in [9.17, 15) is 13.8 Å². The number of piperazine rings is 1. The lowest BCUT2D eigenvalue weighted by molar-refractivity contribution is -0.110. The molecule has 1 aliphatic carbocycles. The Labute approximate surface area is 257 Å². The Bertz CT molecular complexity index is 1590. The molecule has 0 spiro atoms. The van der Waals surface area contributed by atoms with Gasteiger partial charge in [-0.1, -0.05) is 29.3 Å². The molecule has 3 heterocycles. The maximum Gasteiger partial charge on any atom is 0.256 e. The van der Waals surface area contributed by atoms with Gasteiger partial charge >= 0.3 is 0 Å². The van der Waals surface area contributed by atoms with Crippen molar-refractivity contribution >= 4 is 63.2 Å². The molecule has 0 radical (unpaired) electrons. The quantitative estimate of drug-likeness (QED) is 0.355. The number of rotatable bonds is 7. The van der Waals surface area contributed by atoms with Gasteiger partial charge in [-0.2, -0.15) is 0 Å². The summed E-state index contributed by atoms with van der Waals surface area (Å²) in [5.41, 5.74) is 5.37. The first-order valence-corrected chi connectivity index (χ1v) is 16.0. The zero-order valence-corrected chi connectivity index (χ0v) is 25.9. The van der Waals surface area contributed by atoms with Crippen LogP contribution < -0.4 is 5.32 Å². The van der Waals surface area contributed by atoms with E-state index in [-0.39, 0.29) is 23.0 Å². The number of aromatic nitrogens is 1. The number of amides is 2. The predicted molar refractivity (Wildman–Crippen MR) is 168 cm³/mol. The highest BCUT2D eigenvalue weighted by molar-refractivity contribution is 7.84. The molecule has 2 aromatic carbocycles. The number of aryl methyl sites for hydroxylation is 1. The Kier molecular flexibility index (Phi) is 8.97. The summed E-state index contributed by atoms with van der Waals surface area (Å²) in [5, 5.41) is 3.83. The Morgan fingerprint density at radius 3 is 2.43 bits per heavy atom. The normalized spacial score (nSPS) is 18.5. The zero-order valence-electron chi connectivity index (χ0n) is 23.6. The summed E-state index contributed by atoms with van der Waals surface area (Å²) in [5.74, 6) is 0.784. The second-order valence-corrected chi connectivity index (χ2v) is 13.4. The molecule has 6 rings (SSSR count). The lowest BCUT2D eigenvalue weighted by Crippen LogP contribution is -2.49. The number of aromatic amines is 1. The van der Waals surface area contributed by atoms with E-state index in [1.807, 2.05) is 18.7 Å². The number of nitrogens with one attached hydrogen (secondary N) is 2. The van der Waals surface area contributed by atoms with Crippen molar-refractivity contribution in [2.45, 2.75) is 37.3 Å². The van der Waals surface area contributed by atoms with Crippen molar-refractivity contribution in [3.8, 4) is 0 Å². The number of hydrogen-bond donors (Lipinski definition) is 2. The molecule has 2 amide bonds. The number of nitrogens with zero attached hydrogens (tertiary/aromatic N) is 2. The number of carbonyl (C=O) groups excluding carboxylic acids is 2. The van der Waals surface area contributed by atoms with Gasteiger partial charge in [0.1, 0.15) is 0 Å². The minimum Gasteiger partial charge on any atom is -0.412 e. The number of halogens is 2. The minimum atomic E-state index is -1.43. The van der Waals surface area contributed by atoms with Gasteiger partial charge in [0.15, 0.2) is 0 Å². The van der Waals surface area contributed by atoms with Crippen LogP contribution in [0.4, 0.5) is 5.69 Å². The molecule has 1 saturated heterocycles. The molecule has 222 valence electrons. The van der Waals surface area contributed by atoms with E-state index in [2.05, 4.69) is 15.2 Å². The van der Waals surface area contributed by atoms with E-state index >= 15 is 0 Å². The maximum atomic E-state index is 13.5. The van der Waals surface area contributed by atoms with Gasteiger partial charge in [0, 0.05) is 75.9 Å². The Balaban J connectivity index is 0.00000353. The molecular weight excluding hydrogens is 595 g/mol. The summed E-state index contributed by atoms with van der Waals surface area (Å²) >= 11 is 12.6. The van der Waals surface area contributed by atoms with E-state index in [0.29, 0.717) is 48.6 Å². The van der Waals surface area contributed by atoms with Crippen LogP contribution in [0, 0.1) is 19.8 Å². The van der Waals surface area contributed by atoms with Crippen molar-refractivity contribution in [1.82, 2.24) is 14.8 Å². The predicted octanol–water partition coefficient (Wildman–Crippen LogP) is 5.08. The van der Waals surface area contributed by atoms with Crippen LogP contribution in [0.5, 0.6) is 0 Å². The Hall–Kier alpha value is -2.95. The monoisotopic (exact) mass is 628 g/mol. The molecule has 0 bridgehead atoms. The smallest absolute Gasteiger partial charge is 0.256 e. The molecule has 3 aromatic rings. The lowest BCUT2D eigenvalue weighted by Gasteiger charge is -2.35. The van der Waals surface area contributed by atoms with Gasteiger partial charge in [-0.05, 0) is 74.6 Å². The van der Waals surface area contributed by atoms with Crippen LogP contribution in [0.1, 0.15) is 51.3 Å². The molecule has 2 fully saturated rings. The van der Waals surface area contributed by atoms with E-state index < -0.39 is 10.8 Å². The minimum absolute atomic E-state index is 0. The molecule has 1 saturated carbocycles. The summed E-state index contributed by atoms with van der Waals surface area (Å²) in [6, 6.07) is 10.5. The third kappa shape index (κ3) is 6.07. The average molecular weight is 630 g/mol. The van der Waals surface area contributed by atoms with Gasteiger partial charge in [-0.25, -0.2) is 0 Å². The fourth-order valence-electron chi connectivity index (χ4n) is 5.68. The second kappa shape index (κ2) is 12.3. The van der Waals surface area contributed by atoms with E-state index in [1.165, 1.54) is 12.8 Å². The summed E-state index contributed by atoms with van der Waals surface area (Å²) < 4.78 is 13.3. The van der Waals surface area contributed by atoms with Crippen LogP contribution in [0.3, 0.4) is 0 Å². The van der Waals surface area contributed by atoms with E-state index in [1.54, 1.807) is 42.5 Å². The van der Waals surface area contributed by atoms with Gasteiger partial charge in [0.05, 0.1) is 27.7 Å². The average Bonchev–Trinajstić information content (AvgIpc) is 3.65. The van der Waals surface area contributed by atoms with Gasteiger partial charge < -0.3 is 20.7 Å². The summed E-state index contributed by atoms with van der Waals surface area (Å²) in [6.45, 7) is 8.22. The van der Waals surface area contributed by atoms with Crippen molar-refractivity contribution in [1.29, 1.82) is 0 Å². The molecule has 2 aliphatic heterocycles. The van der Waals surface area contributed by atoms with Gasteiger partial charge in [-0.15, -0.1) is 0 Å². The summed E-state index contributed by atoms with van der Waals surface area (Å²) in [6.07, 6.45) is 4.45. The van der Waals surface area contributed by atoms with Crippen LogP contribution in [0.2, 0.25) is 10.0 Å². The van der Waals surface area contributed by atoms with Crippen molar-refractivity contribution in [3.05, 3.63) is 80.1 Å². The van der Waals surface area contributed by atoms with Gasteiger partial charge in [-0.3, -0.25) is 18.7 Å². The SMILES string of the molecule is Cc1[nH]c(/C=C2\C(=O)Nc3ccc(S(=O)Cc4c(Cl)cccc4Cl)cc32)c(C)c1C(=O)N1CCN(CC2CC2)CC1.O. The zero-order chi connectivity index (χ0) is 28.8. The fraction of sp³-hybridized carbons (Fsp3) is 0.355. The molecule has 8 nitrogen and oxygen atoms in total. The molecule has 1 aromatic heterocycles. The van der Waals surface area contributed by atoms with Crippen LogP contribution in [-0.4, -0.2) is 69.0 Å². The topological polar surface area (TPSA) is 117 Å². The molecule has 1 atom stereocenters. The molecule has 11 heteroatoms. The van der Waals surface area contributed by atoms with Gasteiger partial charge in [0.2, 0.25) is 0 Å². The van der Waals surface area contributed by atoms with Crippen molar-refractivity contribution in [3.63, 3.8) is 0 Å². The number of carbonyl (C=O) groups is 2. The first-order valence-electron chi connectivity index (χ1n) is 13.9. The molecule has 42 heavy (non-hydrogen) atoms. The van der Waals surface area contributed by atoms with Crippen LogP contribution in [0.25, 0.3) is 11.6 Å². The maximum absolute atomic E-state index is 13.5. The highest BCUT2D eigenvalue weighted by atomic mass is 35.5. The summed E-state index contributed by atoms with van der Waals surface area (Å²) in [4.78, 5) is 34.9. The van der Waals surface area contributed by atoms with Crippen molar-refractivity contribution in [2.75, 3.05) is 38.0 Å². The van der Waals surface area contributed by atoms with Crippen LogP contribution in [0.15, 0.2) is 41.3 Å². The molecule has 3 aliphatic rings. The number of fused-ring (bicyclic) bond motifs is 1. The van der Waals surface area contributed by atoms with Crippen LogP contribution in [-0.2, 0) is 21.3 Å². The lowest BCUT2D eigenvalue weighted by atomic mass is 10.0. The largest absolute Gasteiger partial charge is 0.412 e. The number of hydrogen-bond acceptors (Lipinski definition) is 4. The molecule has 4 N–H and O–H groups in total. The standard InChI is InChI=1S/C31H32Cl2N4O3S.H2O/c1-18-28(34-19(2)29(18)31(39)37-12-10-36(11-13-37)16-20-6-7-20)15-23-22-14-21(8-9-27(22)35-30(23)38)41(40)17-24-25(32)4-3-5-26(24)33;/h3-5,8-9,14-15,20,34H,6-7,10-13,16-17H2,1-2H3,(H,35,38);1H2/b23-15-;. The Morgan fingerprint density at radius 2 is 1.76 bits per heavy atom. The van der Waals surface area contributed by atoms with E-state index in [0.717, 1.165) is 49.9 Å². The third-order valence-electron chi connectivity index (χ3n) is 8.23. The fourth-order valence-corrected chi connectivity index (χ4v) is 7.58. The number of H-pyrrole nitrogens is 1. The van der Waals surface area contributed by atoms with Gasteiger partial charge in [0.25, 0.3) is 11.8 Å². The summed E-state index contributed by atoms with van der Waals surface area (Å²) in [7, 11) is -1.43. The van der Waals surface area contributed by atoms with Crippen molar-refractivity contribution in [2.24, 2.45) is 5.92 Å². The first kappa shape index (κ1) is 30.5. The van der Waals surface area contributed by atoms with E-state index in [4.69, 9.17) is 23.2 Å². The second-order valence-electron chi connectivity index (χ2n) is 11.1. The first-order chi connectivity index (χ1) is 19.7. The molecule has 1 unspecified atom stereocenters. The molecular formula is C31H34Cl2N4O4S. The third-order valence-corrected chi connectivity index (χ3v) is 10.3. The van der Waals surface area contributed by atoms with Crippen molar-refractivity contribution < 1.29 is 19.3 Å².